The first kappa shape index (κ1) is 34.8. The fourth-order valence-corrected chi connectivity index (χ4v) is 7.12. The average Bonchev–Trinajstić information content (AvgIpc) is 2.92. The summed E-state index contributed by atoms with van der Waals surface area (Å²) in [5.74, 6) is -3.32. The summed E-state index contributed by atoms with van der Waals surface area (Å²) in [6.45, 7) is 17.8. The number of aliphatic hydroxyl groups is 1. The number of aliphatic hydroxyl groups excluding tert-OH is 1. The van der Waals surface area contributed by atoms with Crippen molar-refractivity contribution in [2.24, 2.45) is 22.2 Å². The number of carbonyl (C=O) groups excluding carboxylic acids is 3. The van der Waals surface area contributed by atoms with Crippen molar-refractivity contribution >= 4 is 23.1 Å². The zero-order valence-electron chi connectivity index (χ0n) is 27.9. The molecule has 0 aliphatic heterocycles. The zero-order chi connectivity index (χ0) is 33.2. The molecule has 2 aliphatic carbocycles. The summed E-state index contributed by atoms with van der Waals surface area (Å²) in [6, 6.07) is 3.67. The summed E-state index contributed by atoms with van der Waals surface area (Å²) in [6.07, 6.45) is 10.4. The lowest BCUT2D eigenvalue weighted by Crippen LogP contribution is -2.70. The quantitative estimate of drug-likeness (QED) is 0.0616. The maximum absolute atomic E-state index is 15.2. The molecule has 0 radical (unpaired) electrons. The van der Waals surface area contributed by atoms with Gasteiger partial charge in [-0.05, 0) is 123 Å². The largest absolute Gasteiger partial charge is 0.506 e. The molecule has 0 heterocycles. The van der Waals surface area contributed by atoms with E-state index in [-0.39, 0.29) is 36.5 Å². The van der Waals surface area contributed by atoms with Crippen LogP contribution in [0.1, 0.15) is 106 Å². The van der Waals surface area contributed by atoms with Gasteiger partial charge in [0.25, 0.3) is 0 Å². The number of Topliss-reactive ketones (excluding diaryl/α,β-unsaturated/α-hetero) is 3. The number of ketones is 3. The Morgan fingerprint density at radius 2 is 1.36 bits per heavy atom. The van der Waals surface area contributed by atoms with Crippen LogP contribution in [-0.4, -0.2) is 32.7 Å². The van der Waals surface area contributed by atoms with E-state index in [1.165, 1.54) is 12.1 Å². The van der Waals surface area contributed by atoms with Crippen molar-refractivity contribution in [3.63, 3.8) is 0 Å². The molecule has 2 bridgehead atoms. The summed E-state index contributed by atoms with van der Waals surface area (Å²) in [4.78, 5) is 45.0. The highest BCUT2D eigenvalue weighted by molar-refractivity contribution is 6.41. The third-order valence-electron chi connectivity index (χ3n) is 9.76. The van der Waals surface area contributed by atoms with Gasteiger partial charge in [0, 0.05) is 5.56 Å². The van der Waals surface area contributed by atoms with Crippen LogP contribution in [0.5, 0.6) is 11.5 Å². The van der Waals surface area contributed by atoms with Crippen LogP contribution in [0.25, 0.3) is 5.76 Å². The molecule has 44 heavy (non-hydrogen) atoms. The molecule has 2 fully saturated rings. The Morgan fingerprint density at radius 1 is 0.795 bits per heavy atom. The second-order valence-corrected chi connectivity index (χ2v) is 14.0. The molecule has 3 N–H and O–H groups in total. The molecule has 1 aromatic carbocycles. The third kappa shape index (κ3) is 6.13. The Hall–Kier alpha value is -3.67. The van der Waals surface area contributed by atoms with E-state index in [2.05, 4.69) is 12.2 Å². The van der Waals surface area contributed by atoms with Gasteiger partial charge >= 0.3 is 0 Å². The molecule has 1 aromatic rings. The van der Waals surface area contributed by atoms with Gasteiger partial charge in [0.1, 0.15) is 16.7 Å². The molecule has 0 saturated heterocycles. The minimum absolute atomic E-state index is 0.0199. The molecular formula is C38H50O6. The molecule has 4 atom stereocenters. The summed E-state index contributed by atoms with van der Waals surface area (Å²) in [7, 11) is 0. The molecule has 0 amide bonds. The van der Waals surface area contributed by atoms with Crippen molar-refractivity contribution in [3.05, 3.63) is 75.9 Å². The van der Waals surface area contributed by atoms with Gasteiger partial charge in [-0.25, -0.2) is 0 Å². The predicted octanol–water partition coefficient (Wildman–Crippen LogP) is 8.90. The molecule has 3 rings (SSSR count). The first-order chi connectivity index (χ1) is 20.4. The molecule has 6 heteroatoms. The number of allylic oxidation sites excluding steroid dienone is 9. The number of phenols is 2. The minimum atomic E-state index is -1.61. The lowest BCUT2D eigenvalue weighted by Gasteiger charge is -2.61. The van der Waals surface area contributed by atoms with E-state index in [4.69, 9.17) is 0 Å². The predicted molar refractivity (Wildman–Crippen MR) is 176 cm³/mol. The van der Waals surface area contributed by atoms with Crippen LogP contribution in [0.2, 0.25) is 0 Å². The van der Waals surface area contributed by atoms with Gasteiger partial charge in [0.2, 0.25) is 0 Å². The van der Waals surface area contributed by atoms with Crippen molar-refractivity contribution < 1.29 is 29.7 Å². The van der Waals surface area contributed by atoms with Gasteiger partial charge in [-0.2, -0.15) is 0 Å². The van der Waals surface area contributed by atoms with Crippen LogP contribution in [0, 0.1) is 22.2 Å². The van der Waals surface area contributed by atoms with E-state index in [9.17, 15) is 20.1 Å². The summed E-state index contributed by atoms with van der Waals surface area (Å²) in [5, 5.41) is 31.8. The highest BCUT2D eigenvalue weighted by atomic mass is 16.3. The van der Waals surface area contributed by atoms with Crippen LogP contribution in [0.3, 0.4) is 0 Å². The number of aromatic hydroxyl groups is 2. The lowest BCUT2D eigenvalue weighted by molar-refractivity contribution is -0.178. The van der Waals surface area contributed by atoms with Crippen LogP contribution in [0.4, 0.5) is 0 Å². The number of benzene rings is 1. The molecule has 0 spiro atoms. The second kappa shape index (κ2) is 13.1. The number of fused-ring (bicyclic) bond motifs is 2. The van der Waals surface area contributed by atoms with Gasteiger partial charge in [0.15, 0.2) is 28.8 Å². The molecule has 2 unspecified atom stereocenters. The first-order valence-electron chi connectivity index (χ1n) is 15.6. The fraction of sp³-hybridized carbons (Fsp3) is 0.500. The SMILES string of the molecule is CC(C)=CCC[C@]1(C)[C@@H](CC=C(C)C)CC2(CC=C(C)C)C(=O)/C(=C(/O)c3ccc(O)c(O)c3)C(=O)C1(CC=C(C)C)C2=O. The number of hydrogen-bond donors (Lipinski definition) is 3. The van der Waals surface area contributed by atoms with Crippen molar-refractivity contribution in [2.45, 2.75) is 101 Å². The van der Waals surface area contributed by atoms with Gasteiger partial charge in [0.05, 0.1) is 5.41 Å². The lowest BCUT2D eigenvalue weighted by atomic mass is 9.37. The monoisotopic (exact) mass is 602 g/mol. The van der Waals surface area contributed by atoms with Crippen molar-refractivity contribution in [3.8, 4) is 11.5 Å². The van der Waals surface area contributed by atoms with Gasteiger partial charge in [-0.15, -0.1) is 0 Å². The van der Waals surface area contributed by atoms with Crippen LogP contribution in [-0.2, 0) is 14.4 Å². The average molecular weight is 603 g/mol. The van der Waals surface area contributed by atoms with E-state index in [1.54, 1.807) is 0 Å². The maximum atomic E-state index is 15.2. The molecule has 0 aromatic heterocycles. The van der Waals surface area contributed by atoms with Gasteiger partial charge in [-0.1, -0.05) is 53.5 Å². The normalized spacial score (nSPS) is 27.4. The van der Waals surface area contributed by atoms with Crippen molar-refractivity contribution in [1.82, 2.24) is 0 Å². The third-order valence-corrected chi connectivity index (χ3v) is 9.76. The van der Waals surface area contributed by atoms with E-state index < -0.39 is 50.6 Å². The van der Waals surface area contributed by atoms with Crippen LogP contribution >= 0.6 is 0 Å². The number of hydrogen-bond acceptors (Lipinski definition) is 6. The summed E-state index contributed by atoms with van der Waals surface area (Å²) >= 11 is 0. The second-order valence-electron chi connectivity index (χ2n) is 14.0. The summed E-state index contributed by atoms with van der Waals surface area (Å²) < 4.78 is 0. The van der Waals surface area contributed by atoms with E-state index in [0.717, 1.165) is 28.4 Å². The number of phenolic OH excluding ortho intramolecular Hbond substituents is 2. The fourth-order valence-electron chi connectivity index (χ4n) is 7.12. The van der Waals surface area contributed by atoms with E-state index in [1.807, 2.05) is 74.5 Å². The molecule has 238 valence electrons. The highest BCUT2D eigenvalue weighted by Gasteiger charge is 2.74. The number of rotatable bonds is 10. The molecule has 6 nitrogen and oxygen atoms in total. The molecular weight excluding hydrogens is 552 g/mol. The summed E-state index contributed by atoms with van der Waals surface area (Å²) in [5.41, 5.74) is -0.210. The Kier molecular flexibility index (Phi) is 10.4. The topological polar surface area (TPSA) is 112 Å². The maximum Gasteiger partial charge on any atom is 0.184 e. The van der Waals surface area contributed by atoms with Crippen LogP contribution < -0.4 is 0 Å². The van der Waals surface area contributed by atoms with E-state index in [0.29, 0.717) is 19.3 Å². The Balaban J connectivity index is 2.51. The van der Waals surface area contributed by atoms with Crippen molar-refractivity contribution in [1.29, 1.82) is 0 Å². The smallest absolute Gasteiger partial charge is 0.184 e. The Bertz CT molecular complexity index is 1480. The zero-order valence-corrected chi connectivity index (χ0v) is 27.9. The Morgan fingerprint density at radius 3 is 1.91 bits per heavy atom. The molecule has 2 saturated carbocycles. The van der Waals surface area contributed by atoms with E-state index >= 15 is 9.59 Å². The van der Waals surface area contributed by atoms with Crippen molar-refractivity contribution in [2.75, 3.05) is 0 Å². The van der Waals surface area contributed by atoms with Gasteiger partial charge < -0.3 is 15.3 Å². The standard InChI is InChI=1S/C38H50O6/c1-23(2)11-10-18-36(9)28(14-12-24(3)4)22-37(19-16-25(5)6)33(42)31(32(41)27-13-15-29(39)30(40)21-27)34(43)38(36,35(37)44)20-17-26(7)8/h11-13,15-17,21,28,39-41H,10,14,18-20,22H2,1-9H3/b32-31-/t28-,36+,37?,38?/m0/s1. The highest BCUT2D eigenvalue weighted by Crippen LogP contribution is 2.67. The first-order valence-corrected chi connectivity index (χ1v) is 15.6. The number of carbonyl (C=O) groups is 3. The Labute approximate surface area is 263 Å². The van der Waals surface area contributed by atoms with Crippen LogP contribution in [0.15, 0.2) is 70.4 Å². The minimum Gasteiger partial charge on any atom is -0.506 e. The van der Waals surface area contributed by atoms with Gasteiger partial charge in [-0.3, -0.25) is 14.4 Å². The molecule has 2 aliphatic rings.